The molecular formula is C13H17F3N2O. The molecule has 0 aliphatic rings. The molecule has 0 fully saturated rings. The predicted octanol–water partition coefficient (Wildman–Crippen LogP) is 2.45. The van der Waals surface area contributed by atoms with Gasteiger partial charge in [0, 0.05) is 13.0 Å². The zero-order chi connectivity index (χ0) is 14.3. The highest BCUT2D eigenvalue weighted by molar-refractivity contribution is 5.75. The van der Waals surface area contributed by atoms with Crippen molar-refractivity contribution in [2.24, 2.45) is 5.73 Å². The lowest BCUT2D eigenvalue weighted by atomic mass is 10.1. The molecule has 0 radical (unpaired) electrons. The van der Waals surface area contributed by atoms with E-state index in [0.717, 1.165) is 25.0 Å². The molecule has 1 aromatic rings. The summed E-state index contributed by atoms with van der Waals surface area (Å²) in [6.45, 7) is 0.784. The van der Waals surface area contributed by atoms with Crippen molar-refractivity contribution in [3.8, 4) is 0 Å². The largest absolute Gasteiger partial charge is 0.416 e. The number of halogens is 3. The first kappa shape index (κ1) is 15.5. The predicted molar refractivity (Wildman–Crippen MR) is 66.2 cm³/mol. The Morgan fingerprint density at radius 1 is 1.16 bits per heavy atom. The van der Waals surface area contributed by atoms with E-state index in [1.165, 1.54) is 12.1 Å². The van der Waals surface area contributed by atoms with Gasteiger partial charge < -0.3 is 11.1 Å². The molecule has 3 nitrogen and oxygen atoms in total. The van der Waals surface area contributed by atoms with E-state index in [-0.39, 0.29) is 12.5 Å². The molecule has 19 heavy (non-hydrogen) atoms. The number of carbonyl (C=O) groups excluding carboxylic acids is 1. The van der Waals surface area contributed by atoms with E-state index in [4.69, 9.17) is 5.73 Å². The number of hydrogen-bond donors (Lipinski definition) is 2. The molecule has 6 heteroatoms. The standard InChI is InChI=1S/C13H17F3N2O/c14-13(15,16)11-6-4-10(5-7-11)9-18-12(19)3-1-2-8-17/h4-7H,1-3,8-9,17H2,(H,18,19). The third-order valence-corrected chi connectivity index (χ3v) is 2.63. The van der Waals surface area contributed by atoms with E-state index in [2.05, 4.69) is 5.32 Å². The smallest absolute Gasteiger partial charge is 0.352 e. The number of nitrogens with two attached hydrogens (primary N) is 1. The molecule has 106 valence electrons. The maximum atomic E-state index is 12.3. The molecule has 0 aliphatic heterocycles. The van der Waals surface area contributed by atoms with Crippen LogP contribution in [0.15, 0.2) is 24.3 Å². The van der Waals surface area contributed by atoms with Crippen LogP contribution in [-0.2, 0) is 17.5 Å². The lowest BCUT2D eigenvalue weighted by Crippen LogP contribution is -2.22. The van der Waals surface area contributed by atoms with Gasteiger partial charge in [0.1, 0.15) is 0 Å². The fourth-order valence-electron chi connectivity index (χ4n) is 1.53. The van der Waals surface area contributed by atoms with Crippen LogP contribution in [0.2, 0.25) is 0 Å². The van der Waals surface area contributed by atoms with E-state index in [1.807, 2.05) is 0 Å². The van der Waals surface area contributed by atoms with Gasteiger partial charge in [-0.2, -0.15) is 13.2 Å². The number of unbranched alkanes of at least 4 members (excludes halogenated alkanes) is 1. The summed E-state index contributed by atoms with van der Waals surface area (Å²) >= 11 is 0. The Morgan fingerprint density at radius 2 is 1.79 bits per heavy atom. The van der Waals surface area contributed by atoms with Crippen molar-refractivity contribution in [2.45, 2.75) is 32.0 Å². The topological polar surface area (TPSA) is 55.1 Å². The summed E-state index contributed by atoms with van der Waals surface area (Å²) < 4.78 is 37.0. The van der Waals surface area contributed by atoms with Gasteiger partial charge in [-0.05, 0) is 37.1 Å². The number of nitrogens with one attached hydrogen (secondary N) is 1. The molecule has 0 bridgehead atoms. The Balaban J connectivity index is 2.40. The van der Waals surface area contributed by atoms with E-state index >= 15 is 0 Å². The highest BCUT2D eigenvalue weighted by atomic mass is 19.4. The minimum atomic E-state index is -4.33. The van der Waals surface area contributed by atoms with Gasteiger partial charge in [-0.25, -0.2) is 0 Å². The number of hydrogen-bond acceptors (Lipinski definition) is 2. The maximum absolute atomic E-state index is 12.3. The van der Waals surface area contributed by atoms with Gasteiger partial charge in [0.2, 0.25) is 5.91 Å². The summed E-state index contributed by atoms with van der Waals surface area (Å²) in [5.74, 6) is -0.117. The Bertz CT molecular complexity index is 401. The fourth-order valence-corrected chi connectivity index (χ4v) is 1.53. The molecule has 0 unspecified atom stereocenters. The SMILES string of the molecule is NCCCCC(=O)NCc1ccc(C(F)(F)F)cc1. The number of alkyl halides is 3. The molecule has 0 aliphatic carbocycles. The Morgan fingerprint density at radius 3 is 2.32 bits per heavy atom. The number of carbonyl (C=O) groups is 1. The van der Waals surface area contributed by atoms with Gasteiger partial charge in [0.15, 0.2) is 0 Å². The maximum Gasteiger partial charge on any atom is 0.416 e. The average molecular weight is 274 g/mol. The van der Waals surface area contributed by atoms with E-state index in [0.29, 0.717) is 18.5 Å². The summed E-state index contributed by atoms with van der Waals surface area (Å²) in [6, 6.07) is 4.75. The number of benzene rings is 1. The van der Waals surface area contributed by atoms with Gasteiger partial charge in [-0.1, -0.05) is 12.1 Å². The Kier molecular flexibility index (Phi) is 5.82. The highest BCUT2D eigenvalue weighted by Crippen LogP contribution is 2.28. The van der Waals surface area contributed by atoms with Crippen LogP contribution in [0.4, 0.5) is 13.2 Å². The Hall–Kier alpha value is -1.56. The molecule has 0 heterocycles. The molecule has 0 saturated carbocycles. The quantitative estimate of drug-likeness (QED) is 0.783. The summed E-state index contributed by atoms with van der Waals surface area (Å²) in [5, 5.41) is 2.66. The molecule has 1 amide bonds. The van der Waals surface area contributed by atoms with Gasteiger partial charge in [0.05, 0.1) is 5.56 Å². The van der Waals surface area contributed by atoms with Gasteiger partial charge in [0.25, 0.3) is 0 Å². The molecule has 3 N–H and O–H groups in total. The van der Waals surface area contributed by atoms with Crippen molar-refractivity contribution in [1.29, 1.82) is 0 Å². The van der Waals surface area contributed by atoms with Gasteiger partial charge in [-0.15, -0.1) is 0 Å². The molecular weight excluding hydrogens is 257 g/mol. The lowest BCUT2D eigenvalue weighted by molar-refractivity contribution is -0.137. The number of amides is 1. The van der Waals surface area contributed by atoms with Gasteiger partial charge >= 0.3 is 6.18 Å². The molecule has 0 saturated heterocycles. The second-order valence-electron chi connectivity index (χ2n) is 4.22. The normalized spacial score (nSPS) is 11.4. The molecule has 0 spiro atoms. The second-order valence-corrected chi connectivity index (χ2v) is 4.22. The third-order valence-electron chi connectivity index (χ3n) is 2.63. The first-order chi connectivity index (χ1) is 8.93. The highest BCUT2D eigenvalue weighted by Gasteiger charge is 2.29. The second kappa shape index (κ2) is 7.13. The van der Waals surface area contributed by atoms with E-state index in [9.17, 15) is 18.0 Å². The van der Waals surface area contributed by atoms with Crippen molar-refractivity contribution in [3.63, 3.8) is 0 Å². The summed E-state index contributed by atoms with van der Waals surface area (Å²) in [7, 11) is 0. The van der Waals surface area contributed by atoms with Crippen LogP contribution in [0.1, 0.15) is 30.4 Å². The molecule has 0 aromatic heterocycles. The number of rotatable bonds is 6. The summed E-state index contributed by atoms with van der Waals surface area (Å²) in [4.78, 5) is 11.4. The van der Waals surface area contributed by atoms with Gasteiger partial charge in [-0.3, -0.25) is 4.79 Å². The first-order valence-corrected chi connectivity index (χ1v) is 6.06. The van der Waals surface area contributed by atoms with Crippen LogP contribution in [0.25, 0.3) is 0 Å². The zero-order valence-corrected chi connectivity index (χ0v) is 10.5. The Labute approximate surface area is 110 Å². The minimum absolute atomic E-state index is 0.117. The van der Waals surface area contributed by atoms with E-state index < -0.39 is 11.7 Å². The average Bonchev–Trinajstić information content (AvgIpc) is 2.36. The van der Waals surface area contributed by atoms with Crippen molar-refractivity contribution in [1.82, 2.24) is 5.32 Å². The van der Waals surface area contributed by atoms with Crippen molar-refractivity contribution in [2.75, 3.05) is 6.54 Å². The van der Waals surface area contributed by atoms with Crippen LogP contribution in [0.5, 0.6) is 0 Å². The van der Waals surface area contributed by atoms with Crippen molar-refractivity contribution in [3.05, 3.63) is 35.4 Å². The first-order valence-electron chi connectivity index (χ1n) is 6.06. The fraction of sp³-hybridized carbons (Fsp3) is 0.462. The third kappa shape index (κ3) is 5.74. The molecule has 1 rings (SSSR count). The monoisotopic (exact) mass is 274 g/mol. The molecule has 0 atom stereocenters. The zero-order valence-electron chi connectivity index (χ0n) is 10.5. The van der Waals surface area contributed by atoms with E-state index in [1.54, 1.807) is 0 Å². The van der Waals surface area contributed by atoms with Crippen molar-refractivity contribution < 1.29 is 18.0 Å². The van der Waals surface area contributed by atoms with Crippen LogP contribution >= 0.6 is 0 Å². The molecule has 1 aromatic carbocycles. The van der Waals surface area contributed by atoms with Crippen LogP contribution in [0, 0.1) is 0 Å². The van der Waals surface area contributed by atoms with Crippen molar-refractivity contribution >= 4 is 5.91 Å². The van der Waals surface area contributed by atoms with Crippen LogP contribution in [-0.4, -0.2) is 12.5 Å². The minimum Gasteiger partial charge on any atom is -0.352 e. The summed E-state index contributed by atoms with van der Waals surface area (Å²) in [5.41, 5.74) is 5.26. The van der Waals surface area contributed by atoms with Crippen LogP contribution in [0.3, 0.4) is 0 Å². The summed E-state index contributed by atoms with van der Waals surface area (Å²) in [6.07, 6.45) is -2.44. The lowest BCUT2D eigenvalue weighted by Gasteiger charge is -2.08. The van der Waals surface area contributed by atoms with Crippen LogP contribution < -0.4 is 11.1 Å².